The molecule has 6 amide bonds. The number of nitrogens with zero attached hydrogens (tertiary/aromatic N) is 1. The number of anilines is 1. The minimum atomic E-state index is -1.41. The van der Waals surface area contributed by atoms with Gasteiger partial charge >= 0.3 is 6.09 Å². The molecule has 6 rings (SSSR count). The van der Waals surface area contributed by atoms with Gasteiger partial charge in [-0.15, -0.1) is 0 Å². The highest BCUT2D eigenvalue weighted by molar-refractivity contribution is 7.15. The molecule has 1 heterocycles. The van der Waals surface area contributed by atoms with Crippen molar-refractivity contribution in [2.75, 3.05) is 25.0 Å². The van der Waals surface area contributed by atoms with Crippen LogP contribution in [0.15, 0.2) is 109 Å². The predicted molar refractivity (Wildman–Crippen MR) is 267 cm³/mol. The molecule has 72 heavy (non-hydrogen) atoms. The molecule has 0 spiro atoms. The molecule has 0 radical (unpaired) electrons. The number of phenolic OH excluding ortho intramolecular Hbond substituents is 1. The first-order valence-electron chi connectivity index (χ1n) is 23.3. The van der Waals surface area contributed by atoms with Crippen LogP contribution in [0.5, 0.6) is 5.75 Å². The van der Waals surface area contributed by atoms with Gasteiger partial charge in [0.15, 0.2) is 16.7 Å². The molecule has 1 aromatic heterocycles. The highest BCUT2D eigenvalue weighted by Crippen LogP contribution is 2.44. The number of nitrogens with two attached hydrogens (primary N) is 1. The summed E-state index contributed by atoms with van der Waals surface area (Å²) in [5.74, 6) is -5.83. The number of aromatic nitrogens is 1. The van der Waals surface area contributed by atoms with Crippen LogP contribution in [-0.2, 0) is 57.7 Å². The van der Waals surface area contributed by atoms with Gasteiger partial charge < -0.3 is 52.6 Å². The van der Waals surface area contributed by atoms with E-state index in [1.165, 1.54) is 32.2 Å². The number of fused-ring (bicyclic) bond motifs is 3. The quantitative estimate of drug-likeness (QED) is 0.0385. The van der Waals surface area contributed by atoms with Gasteiger partial charge in [0.1, 0.15) is 24.4 Å². The Balaban J connectivity index is 1.01. The Hall–Kier alpha value is -7.97. The molecule has 0 aliphatic heterocycles. The summed E-state index contributed by atoms with van der Waals surface area (Å²) in [5, 5.41) is 35.2. The molecule has 0 saturated carbocycles. The van der Waals surface area contributed by atoms with Gasteiger partial charge in [-0.25, -0.2) is 9.78 Å². The molecule has 5 aromatic rings. The van der Waals surface area contributed by atoms with Gasteiger partial charge in [0, 0.05) is 50.3 Å². The van der Waals surface area contributed by atoms with Crippen molar-refractivity contribution in [3.05, 3.63) is 136 Å². The number of Topliss-reactive ketones (excluding diaryl/α,β-unsaturated/α-hetero) is 2. The number of aliphatic hydroxyl groups excluding tert-OH is 1. The number of benzene rings is 4. The summed E-state index contributed by atoms with van der Waals surface area (Å²) in [6, 6.07) is 25.8. The van der Waals surface area contributed by atoms with Gasteiger partial charge in [0.05, 0.1) is 30.1 Å². The van der Waals surface area contributed by atoms with E-state index in [9.17, 15) is 48.6 Å². The van der Waals surface area contributed by atoms with E-state index >= 15 is 0 Å². The zero-order valence-electron chi connectivity index (χ0n) is 39.7. The summed E-state index contributed by atoms with van der Waals surface area (Å²) in [7, 11) is 0. The fourth-order valence-electron chi connectivity index (χ4n) is 8.04. The number of ketones is 2. The van der Waals surface area contributed by atoms with Crippen LogP contribution in [0.2, 0.25) is 0 Å². The SMILES string of the molecule is C[C@H](CC(=O)[C@H](Cc1ccc(O)cc1)NC(=O)OCC1c2ccccc2-c2ccccc21)C(=O)N[C@@H](C)C(=O)CCC(=O)N[C@@H](CNC(=O)CNc1ncc(CO)s1)C(=O)N[C@@H](Cc1ccccc1)C(N)=O. The fraction of sp³-hybridized carbons (Fsp3) is 0.327. The topological polar surface area (TPSA) is 297 Å². The molecule has 1 aliphatic carbocycles. The maximum Gasteiger partial charge on any atom is 0.407 e. The molecular weight excluding hydrogens is 945 g/mol. The van der Waals surface area contributed by atoms with Crippen LogP contribution in [0.1, 0.15) is 66.2 Å². The first-order valence-corrected chi connectivity index (χ1v) is 24.1. The van der Waals surface area contributed by atoms with Crippen molar-refractivity contribution in [2.45, 2.75) is 82.6 Å². The predicted octanol–water partition coefficient (Wildman–Crippen LogP) is 3.17. The molecule has 10 N–H and O–H groups in total. The first kappa shape index (κ1) is 53.4. The van der Waals surface area contributed by atoms with Crippen LogP contribution in [0.25, 0.3) is 11.1 Å². The van der Waals surface area contributed by atoms with Gasteiger partial charge in [-0.2, -0.15) is 0 Å². The lowest BCUT2D eigenvalue weighted by Crippen LogP contribution is -2.57. The number of carbonyl (C=O) groups is 8. The van der Waals surface area contributed by atoms with E-state index in [0.717, 1.165) is 33.6 Å². The lowest BCUT2D eigenvalue weighted by molar-refractivity contribution is -0.133. The van der Waals surface area contributed by atoms with E-state index in [-0.39, 0.29) is 57.1 Å². The lowest BCUT2D eigenvalue weighted by atomic mass is 9.94. The van der Waals surface area contributed by atoms with Crippen molar-refractivity contribution in [3.8, 4) is 16.9 Å². The van der Waals surface area contributed by atoms with Gasteiger partial charge in [-0.1, -0.05) is 109 Å². The number of nitrogens with one attached hydrogen (secondary N) is 6. The number of phenols is 1. The van der Waals surface area contributed by atoms with Crippen LogP contribution >= 0.6 is 11.3 Å². The molecule has 0 fully saturated rings. The van der Waals surface area contributed by atoms with Crippen LogP contribution in [0.3, 0.4) is 0 Å². The van der Waals surface area contributed by atoms with Crippen LogP contribution in [0, 0.1) is 5.92 Å². The molecule has 0 unspecified atom stereocenters. The number of primary amides is 1. The third-order valence-electron chi connectivity index (χ3n) is 12.0. The molecule has 0 saturated heterocycles. The van der Waals surface area contributed by atoms with Crippen molar-refractivity contribution in [1.29, 1.82) is 0 Å². The van der Waals surface area contributed by atoms with Crippen LogP contribution in [-0.4, -0.2) is 106 Å². The normalized spacial score (nSPS) is 13.7. The number of hydrogen-bond donors (Lipinski definition) is 9. The standard InChI is InChI=1S/C52H58N8O11S/c1-30(22-45(64)41(23-33-16-18-34(62)19-17-33)60-52(70)71-29-40-38-14-8-6-12-36(38)37-13-7-9-15-39(37)40)49(68)57-31(2)44(63)20-21-46(65)58-43(26-54-47(66)27-56-51-55-25-35(28-61)72-51)50(69)59-42(48(53)67)24-32-10-4-3-5-11-32/h3-19,25,30-31,40-43,61-62H,20-24,26-29H2,1-2H3,(H2,53,67)(H,54,66)(H,55,56)(H,57,68)(H,58,65)(H,59,69)(H,60,70)/t30-,31+,41+,42+,43+/m1/s1. The minimum absolute atomic E-state index is 0.00809. The van der Waals surface area contributed by atoms with Crippen molar-refractivity contribution < 1.29 is 53.3 Å². The van der Waals surface area contributed by atoms with Crippen molar-refractivity contribution in [3.63, 3.8) is 0 Å². The van der Waals surface area contributed by atoms with Gasteiger partial charge in [0.25, 0.3) is 0 Å². The molecule has 19 nitrogen and oxygen atoms in total. The van der Waals surface area contributed by atoms with Crippen LogP contribution in [0.4, 0.5) is 9.93 Å². The second-order valence-corrected chi connectivity index (χ2v) is 18.5. The Labute approximate surface area is 419 Å². The zero-order chi connectivity index (χ0) is 51.7. The summed E-state index contributed by atoms with van der Waals surface area (Å²) >= 11 is 1.14. The third-order valence-corrected chi connectivity index (χ3v) is 12.9. The Kier molecular flexibility index (Phi) is 19.1. The highest BCUT2D eigenvalue weighted by Gasteiger charge is 2.32. The van der Waals surface area contributed by atoms with Crippen molar-refractivity contribution in [2.24, 2.45) is 11.7 Å². The summed E-state index contributed by atoms with van der Waals surface area (Å²) in [6.07, 6.45) is -0.424. The van der Waals surface area contributed by atoms with E-state index in [1.807, 2.05) is 48.5 Å². The number of hydrogen-bond acceptors (Lipinski definition) is 14. The van der Waals surface area contributed by atoms with Crippen molar-refractivity contribution in [1.82, 2.24) is 31.6 Å². The number of carbonyl (C=O) groups excluding carboxylic acids is 8. The Bertz CT molecular complexity index is 2690. The molecular formula is C52H58N8O11S. The van der Waals surface area contributed by atoms with E-state index in [0.29, 0.717) is 21.1 Å². The van der Waals surface area contributed by atoms with E-state index < -0.39 is 90.2 Å². The van der Waals surface area contributed by atoms with E-state index in [2.05, 4.69) is 36.9 Å². The van der Waals surface area contributed by atoms with Gasteiger partial charge in [-0.05, 0) is 58.9 Å². The largest absolute Gasteiger partial charge is 0.508 e. The fourth-order valence-corrected chi connectivity index (χ4v) is 8.71. The molecule has 5 atom stereocenters. The minimum Gasteiger partial charge on any atom is -0.508 e. The number of aromatic hydroxyl groups is 1. The molecule has 4 aromatic carbocycles. The monoisotopic (exact) mass is 1000 g/mol. The molecule has 0 bridgehead atoms. The zero-order valence-corrected chi connectivity index (χ0v) is 40.5. The second-order valence-electron chi connectivity index (χ2n) is 17.4. The number of rotatable bonds is 26. The maximum absolute atomic E-state index is 13.8. The van der Waals surface area contributed by atoms with Gasteiger partial charge in [-0.3, -0.25) is 33.6 Å². The molecule has 1 aliphatic rings. The first-order chi connectivity index (χ1) is 34.6. The number of amides is 6. The van der Waals surface area contributed by atoms with E-state index in [1.54, 1.807) is 42.5 Å². The molecule has 378 valence electrons. The number of ether oxygens (including phenoxy) is 1. The third kappa shape index (κ3) is 15.3. The molecule has 20 heteroatoms. The second kappa shape index (κ2) is 25.8. The summed E-state index contributed by atoms with van der Waals surface area (Å²) < 4.78 is 5.72. The number of alkyl carbamates (subject to hydrolysis) is 1. The summed E-state index contributed by atoms with van der Waals surface area (Å²) in [4.78, 5) is 110. The van der Waals surface area contributed by atoms with Crippen molar-refractivity contribution >= 4 is 63.7 Å². The summed E-state index contributed by atoms with van der Waals surface area (Å²) in [6.45, 7) is 2.03. The smallest absolute Gasteiger partial charge is 0.407 e. The average Bonchev–Trinajstić information content (AvgIpc) is 3.98. The van der Waals surface area contributed by atoms with Crippen LogP contribution < -0.4 is 37.6 Å². The van der Waals surface area contributed by atoms with E-state index in [4.69, 9.17) is 10.5 Å². The number of aliphatic hydroxyl groups is 1. The lowest BCUT2D eigenvalue weighted by Gasteiger charge is -2.23. The Morgan fingerprint density at radius 2 is 1.32 bits per heavy atom. The maximum atomic E-state index is 13.8. The summed E-state index contributed by atoms with van der Waals surface area (Å²) in [5.41, 5.74) is 11.1. The van der Waals surface area contributed by atoms with Gasteiger partial charge in [0.2, 0.25) is 29.5 Å². The average molecular weight is 1000 g/mol. The Morgan fingerprint density at radius 3 is 1.96 bits per heavy atom. The highest BCUT2D eigenvalue weighted by atomic mass is 32.1. The Morgan fingerprint density at radius 1 is 0.694 bits per heavy atom. The number of thiazole rings is 1.